The topological polar surface area (TPSA) is 26.0 Å². The molecule has 0 saturated heterocycles. The molecule has 0 amide bonds. The Morgan fingerprint density at radius 2 is 1.93 bits per heavy atom. The number of halogens is 2. The van der Waals surface area contributed by atoms with Crippen LogP contribution in [0.15, 0.2) is 12.1 Å². The van der Waals surface area contributed by atoms with Gasteiger partial charge in [-0.3, -0.25) is 0 Å². The number of hydrogen-bond acceptors (Lipinski definition) is 1. The highest BCUT2D eigenvalue weighted by atomic mass is 19.2. The van der Waals surface area contributed by atoms with Crippen molar-refractivity contribution >= 4 is 0 Å². The first kappa shape index (κ1) is 12.1. The van der Waals surface area contributed by atoms with Crippen LogP contribution in [0.4, 0.5) is 8.78 Å². The lowest BCUT2D eigenvalue weighted by Gasteiger charge is -2.09. The first-order valence-corrected chi connectivity index (χ1v) is 5.25. The van der Waals surface area contributed by atoms with E-state index in [-0.39, 0.29) is 6.04 Å². The molecule has 1 aromatic rings. The maximum Gasteiger partial charge on any atom is 0.162 e. The molecule has 1 atom stereocenters. The Morgan fingerprint density at radius 1 is 1.27 bits per heavy atom. The van der Waals surface area contributed by atoms with Crippen LogP contribution in [0.2, 0.25) is 0 Å². The Hall–Kier alpha value is -0.960. The van der Waals surface area contributed by atoms with Crippen molar-refractivity contribution in [1.82, 2.24) is 0 Å². The van der Waals surface area contributed by atoms with E-state index in [1.165, 1.54) is 0 Å². The van der Waals surface area contributed by atoms with Crippen LogP contribution in [0.5, 0.6) is 0 Å². The largest absolute Gasteiger partial charge is 0.328 e. The summed E-state index contributed by atoms with van der Waals surface area (Å²) in [5.74, 6) is -1.46. The first-order chi connectivity index (χ1) is 7.06. The molecule has 84 valence electrons. The Bertz CT molecular complexity index is 337. The van der Waals surface area contributed by atoms with Crippen LogP contribution in [0, 0.1) is 18.6 Å². The molecule has 3 heteroatoms. The second kappa shape index (κ2) is 5.21. The van der Waals surface area contributed by atoms with Gasteiger partial charge in [-0.1, -0.05) is 19.1 Å². The minimum atomic E-state index is -0.738. The van der Waals surface area contributed by atoms with Gasteiger partial charge in [0.25, 0.3) is 0 Å². The van der Waals surface area contributed by atoms with E-state index in [0.29, 0.717) is 24.0 Å². The Kier molecular flexibility index (Phi) is 4.21. The van der Waals surface area contributed by atoms with Crippen LogP contribution in [0.1, 0.15) is 30.9 Å². The second-order valence-electron chi connectivity index (χ2n) is 3.88. The van der Waals surface area contributed by atoms with Gasteiger partial charge in [0.05, 0.1) is 0 Å². The summed E-state index contributed by atoms with van der Waals surface area (Å²) in [5.41, 5.74) is 6.48. The highest BCUT2D eigenvalue weighted by Crippen LogP contribution is 2.17. The molecule has 0 aliphatic rings. The lowest BCUT2D eigenvalue weighted by molar-refractivity contribution is 0.487. The zero-order chi connectivity index (χ0) is 11.4. The zero-order valence-corrected chi connectivity index (χ0v) is 9.19. The van der Waals surface area contributed by atoms with Gasteiger partial charge in [-0.25, -0.2) is 8.78 Å². The van der Waals surface area contributed by atoms with Crippen LogP contribution >= 0.6 is 0 Å². The predicted octanol–water partition coefficient (Wildman–Crippen LogP) is 2.94. The number of nitrogens with two attached hydrogens (primary N) is 1. The molecule has 15 heavy (non-hydrogen) atoms. The normalized spacial score (nSPS) is 12.9. The third-order valence-corrected chi connectivity index (χ3v) is 2.66. The fourth-order valence-corrected chi connectivity index (χ4v) is 1.42. The highest BCUT2D eigenvalue weighted by Gasteiger charge is 2.11. The van der Waals surface area contributed by atoms with E-state index in [2.05, 4.69) is 0 Å². The van der Waals surface area contributed by atoms with Crippen molar-refractivity contribution in [2.45, 2.75) is 39.2 Å². The number of rotatable bonds is 4. The molecule has 0 aromatic heterocycles. The SMILES string of the molecule is CCC(N)CCc1ccc(C)c(F)c1F. The van der Waals surface area contributed by atoms with E-state index in [1.54, 1.807) is 19.1 Å². The molecule has 0 aliphatic carbocycles. The highest BCUT2D eigenvalue weighted by molar-refractivity contribution is 5.25. The van der Waals surface area contributed by atoms with Crippen molar-refractivity contribution in [3.05, 3.63) is 34.9 Å². The first-order valence-electron chi connectivity index (χ1n) is 5.25. The van der Waals surface area contributed by atoms with Gasteiger partial charge in [-0.2, -0.15) is 0 Å². The van der Waals surface area contributed by atoms with Crippen LogP contribution in [-0.2, 0) is 6.42 Å². The van der Waals surface area contributed by atoms with Crippen molar-refractivity contribution in [3.8, 4) is 0 Å². The molecule has 0 spiro atoms. The number of benzene rings is 1. The van der Waals surface area contributed by atoms with Gasteiger partial charge in [-0.15, -0.1) is 0 Å². The van der Waals surface area contributed by atoms with Gasteiger partial charge < -0.3 is 5.73 Å². The van der Waals surface area contributed by atoms with Gasteiger partial charge in [0.2, 0.25) is 0 Å². The molecule has 1 unspecified atom stereocenters. The number of hydrogen-bond donors (Lipinski definition) is 1. The summed E-state index contributed by atoms with van der Waals surface area (Å²) < 4.78 is 26.6. The van der Waals surface area contributed by atoms with Gasteiger partial charge in [0.1, 0.15) is 0 Å². The van der Waals surface area contributed by atoms with E-state index in [0.717, 1.165) is 6.42 Å². The van der Waals surface area contributed by atoms with Crippen molar-refractivity contribution in [2.24, 2.45) is 5.73 Å². The van der Waals surface area contributed by atoms with Crippen LogP contribution in [-0.4, -0.2) is 6.04 Å². The van der Waals surface area contributed by atoms with Gasteiger partial charge in [0, 0.05) is 6.04 Å². The average Bonchev–Trinajstić information content (AvgIpc) is 2.24. The van der Waals surface area contributed by atoms with Crippen molar-refractivity contribution in [2.75, 3.05) is 0 Å². The Morgan fingerprint density at radius 3 is 2.53 bits per heavy atom. The van der Waals surface area contributed by atoms with E-state index >= 15 is 0 Å². The van der Waals surface area contributed by atoms with E-state index in [4.69, 9.17) is 5.73 Å². The third-order valence-electron chi connectivity index (χ3n) is 2.66. The summed E-state index contributed by atoms with van der Waals surface area (Å²) in [4.78, 5) is 0. The molecule has 0 saturated carbocycles. The molecule has 1 nitrogen and oxygen atoms in total. The summed E-state index contributed by atoms with van der Waals surface area (Å²) in [6.07, 6.45) is 2.05. The monoisotopic (exact) mass is 213 g/mol. The molecule has 0 aliphatic heterocycles. The van der Waals surface area contributed by atoms with Gasteiger partial charge in [0.15, 0.2) is 11.6 Å². The fourth-order valence-electron chi connectivity index (χ4n) is 1.42. The lowest BCUT2D eigenvalue weighted by Crippen LogP contribution is -2.19. The van der Waals surface area contributed by atoms with E-state index in [1.807, 2.05) is 6.92 Å². The molecule has 1 aromatic carbocycles. The molecule has 0 bridgehead atoms. The second-order valence-corrected chi connectivity index (χ2v) is 3.88. The van der Waals surface area contributed by atoms with Crippen LogP contribution < -0.4 is 5.73 Å². The standard InChI is InChI=1S/C12H17F2N/c1-3-10(15)7-6-9-5-4-8(2)11(13)12(9)14/h4-5,10H,3,6-7,15H2,1-2H3. The minimum absolute atomic E-state index is 0.0637. The molecular weight excluding hydrogens is 196 g/mol. The quantitative estimate of drug-likeness (QED) is 0.817. The van der Waals surface area contributed by atoms with Crippen molar-refractivity contribution in [1.29, 1.82) is 0 Å². The zero-order valence-electron chi connectivity index (χ0n) is 9.19. The fraction of sp³-hybridized carbons (Fsp3) is 0.500. The number of aryl methyl sites for hydroxylation is 2. The molecule has 0 radical (unpaired) electrons. The Labute approximate surface area is 89.3 Å². The smallest absolute Gasteiger partial charge is 0.162 e. The minimum Gasteiger partial charge on any atom is -0.328 e. The lowest BCUT2D eigenvalue weighted by atomic mass is 10.0. The Balaban J connectivity index is 2.74. The maximum absolute atomic E-state index is 13.4. The average molecular weight is 213 g/mol. The molecular formula is C12H17F2N. The molecule has 2 N–H and O–H groups in total. The third kappa shape index (κ3) is 2.99. The molecule has 0 heterocycles. The van der Waals surface area contributed by atoms with E-state index < -0.39 is 11.6 Å². The van der Waals surface area contributed by atoms with Crippen molar-refractivity contribution < 1.29 is 8.78 Å². The van der Waals surface area contributed by atoms with Gasteiger partial charge in [-0.05, 0) is 37.3 Å². The van der Waals surface area contributed by atoms with Crippen LogP contribution in [0.25, 0.3) is 0 Å². The molecule has 0 fully saturated rings. The van der Waals surface area contributed by atoms with E-state index in [9.17, 15) is 8.78 Å². The van der Waals surface area contributed by atoms with Crippen molar-refractivity contribution in [3.63, 3.8) is 0 Å². The van der Waals surface area contributed by atoms with Crippen LogP contribution in [0.3, 0.4) is 0 Å². The van der Waals surface area contributed by atoms with Gasteiger partial charge >= 0.3 is 0 Å². The molecule has 1 rings (SSSR count). The summed E-state index contributed by atoms with van der Waals surface area (Å²) in [6, 6.07) is 3.30. The summed E-state index contributed by atoms with van der Waals surface area (Å²) in [5, 5.41) is 0. The maximum atomic E-state index is 13.4. The summed E-state index contributed by atoms with van der Waals surface area (Å²) >= 11 is 0. The predicted molar refractivity (Wildman–Crippen MR) is 57.7 cm³/mol. The summed E-state index contributed by atoms with van der Waals surface area (Å²) in [7, 11) is 0. The summed E-state index contributed by atoms with van der Waals surface area (Å²) in [6.45, 7) is 3.54.